The van der Waals surface area contributed by atoms with Gasteiger partial charge in [-0.05, 0) is 43.4 Å². The standard InChI is InChI=1S/C13H17ClO2/c1-9-4-3-7-13(9,15)11-8-10(14)5-6-12(11)16-2/h5-6,8-9,15H,3-4,7H2,1-2H3. The molecule has 1 N–H and O–H groups in total. The second-order valence-corrected chi connectivity index (χ2v) is 5.00. The summed E-state index contributed by atoms with van der Waals surface area (Å²) in [6.07, 6.45) is 2.88. The highest BCUT2D eigenvalue weighted by Crippen LogP contribution is 2.46. The predicted octanol–water partition coefficient (Wildman–Crippen LogP) is 3.36. The Balaban J connectivity index is 2.49. The number of aliphatic hydroxyl groups is 1. The normalized spacial score (nSPS) is 29.4. The summed E-state index contributed by atoms with van der Waals surface area (Å²) in [6, 6.07) is 5.43. The maximum absolute atomic E-state index is 10.7. The Morgan fingerprint density at radius 1 is 1.50 bits per heavy atom. The molecule has 0 bridgehead atoms. The molecule has 1 aromatic rings. The molecule has 0 spiro atoms. The predicted molar refractivity (Wildman–Crippen MR) is 64.9 cm³/mol. The smallest absolute Gasteiger partial charge is 0.125 e. The Labute approximate surface area is 101 Å². The zero-order valence-electron chi connectivity index (χ0n) is 9.66. The summed E-state index contributed by atoms with van der Waals surface area (Å²) >= 11 is 6.00. The minimum absolute atomic E-state index is 0.250. The average Bonchev–Trinajstić information content (AvgIpc) is 2.60. The van der Waals surface area contributed by atoms with E-state index in [9.17, 15) is 5.11 Å². The fraction of sp³-hybridized carbons (Fsp3) is 0.538. The fourth-order valence-corrected chi connectivity index (χ4v) is 2.75. The van der Waals surface area contributed by atoms with E-state index < -0.39 is 5.60 Å². The highest BCUT2D eigenvalue weighted by Gasteiger charge is 2.41. The molecule has 1 aromatic carbocycles. The van der Waals surface area contributed by atoms with E-state index in [2.05, 4.69) is 6.92 Å². The van der Waals surface area contributed by atoms with Crippen LogP contribution in [-0.2, 0) is 5.60 Å². The molecular formula is C13H17ClO2. The molecule has 0 aromatic heterocycles. The molecule has 88 valence electrons. The van der Waals surface area contributed by atoms with Crippen LogP contribution in [0.1, 0.15) is 31.7 Å². The fourth-order valence-electron chi connectivity index (χ4n) is 2.58. The van der Waals surface area contributed by atoms with Crippen molar-refractivity contribution in [1.82, 2.24) is 0 Å². The van der Waals surface area contributed by atoms with E-state index in [1.807, 2.05) is 12.1 Å². The Kier molecular flexibility index (Phi) is 3.13. The van der Waals surface area contributed by atoms with Crippen LogP contribution in [-0.4, -0.2) is 12.2 Å². The van der Waals surface area contributed by atoms with E-state index >= 15 is 0 Å². The van der Waals surface area contributed by atoms with Crippen LogP contribution in [0.5, 0.6) is 5.75 Å². The second kappa shape index (κ2) is 4.27. The van der Waals surface area contributed by atoms with Gasteiger partial charge >= 0.3 is 0 Å². The van der Waals surface area contributed by atoms with Crippen molar-refractivity contribution in [2.75, 3.05) is 7.11 Å². The van der Waals surface area contributed by atoms with Crippen LogP contribution in [0.3, 0.4) is 0 Å². The number of methoxy groups -OCH3 is 1. The van der Waals surface area contributed by atoms with E-state index in [4.69, 9.17) is 16.3 Å². The molecular weight excluding hydrogens is 224 g/mol. The lowest BCUT2D eigenvalue weighted by molar-refractivity contribution is 0.00242. The molecule has 16 heavy (non-hydrogen) atoms. The minimum Gasteiger partial charge on any atom is -0.496 e. The number of halogens is 1. The van der Waals surface area contributed by atoms with Gasteiger partial charge in [0.05, 0.1) is 12.7 Å². The molecule has 2 unspecified atom stereocenters. The van der Waals surface area contributed by atoms with E-state index in [1.54, 1.807) is 13.2 Å². The van der Waals surface area contributed by atoms with Gasteiger partial charge in [-0.15, -0.1) is 0 Å². The van der Waals surface area contributed by atoms with E-state index in [1.165, 1.54) is 0 Å². The second-order valence-electron chi connectivity index (χ2n) is 4.56. The minimum atomic E-state index is -0.782. The lowest BCUT2D eigenvalue weighted by Gasteiger charge is -2.29. The van der Waals surface area contributed by atoms with Crippen molar-refractivity contribution in [2.45, 2.75) is 31.8 Å². The van der Waals surface area contributed by atoms with Crippen molar-refractivity contribution in [1.29, 1.82) is 0 Å². The van der Waals surface area contributed by atoms with Crippen molar-refractivity contribution in [3.63, 3.8) is 0 Å². The first-order valence-corrected chi connectivity index (χ1v) is 6.02. The molecule has 0 amide bonds. The Morgan fingerprint density at radius 2 is 2.25 bits per heavy atom. The summed E-state index contributed by atoms with van der Waals surface area (Å²) < 4.78 is 5.31. The van der Waals surface area contributed by atoms with Crippen LogP contribution < -0.4 is 4.74 Å². The molecule has 0 aliphatic heterocycles. The first-order chi connectivity index (χ1) is 7.58. The summed E-state index contributed by atoms with van der Waals surface area (Å²) in [4.78, 5) is 0. The number of benzene rings is 1. The van der Waals surface area contributed by atoms with Gasteiger partial charge in [-0.1, -0.05) is 18.5 Å². The molecule has 0 radical (unpaired) electrons. The van der Waals surface area contributed by atoms with Gasteiger partial charge in [-0.25, -0.2) is 0 Å². The van der Waals surface area contributed by atoms with Crippen LogP contribution in [0.4, 0.5) is 0 Å². The summed E-state index contributed by atoms with van der Waals surface area (Å²) in [5, 5.41) is 11.4. The van der Waals surface area contributed by atoms with Crippen LogP contribution in [0.15, 0.2) is 18.2 Å². The molecule has 1 fully saturated rings. The third-order valence-electron chi connectivity index (χ3n) is 3.64. The van der Waals surface area contributed by atoms with Crippen LogP contribution in [0, 0.1) is 5.92 Å². The number of hydrogen-bond donors (Lipinski definition) is 1. The van der Waals surface area contributed by atoms with Crippen LogP contribution in [0.2, 0.25) is 5.02 Å². The molecule has 2 rings (SSSR count). The van der Waals surface area contributed by atoms with Gasteiger partial charge in [0, 0.05) is 10.6 Å². The zero-order chi connectivity index (χ0) is 11.8. The Hall–Kier alpha value is -0.730. The maximum Gasteiger partial charge on any atom is 0.125 e. The first kappa shape index (κ1) is 11.7. The van der Waals surface area contributed by atoms with Gasteiger partial charge < -0.3 is 9.84 Å². The Bertz CT molecular complexity index is 392. The summed E-state index contributed by atoms with van der Waals surface area (Å²) in [5.74, 6) is 0.973. The van der Waals surface area contributed by atoms with E-state index in [0.717, 1.165) is 30.6 Å². The molecule has 0 saturated heterocycles. The van der Waals surface area contributed by atoms with Gasteiger partial charge in [0.15, 0.2) is 0 Å². The highest BCUT2D eigenvalue weighted by atomic mass is 35.5. The quantitative estimate of drug-likeness (QED) is 0.859. The van der Waals surface area contributed by atoms with Gasteiger partial charge in [0.2, 0.25) is 0 Å². The van der Waals surface area contributed by atoms with Crippen molar-refractivity contribution in [3.05, 3.63) is 28.8 Å². The van der Waals surface area contributed by atoms with Crippen molar-refractivity contribution >= 4 is 11.6 Å². The maximum atomic E-state index is 10.7. The molecule has 1 aliphatic carbocycles. The molecule has 0 heterocycles. The first-order valence-electron chi connectivity index (χ1n) is 5.64. The number of ether oxygens (including phenoxy) is 1. The lowest BCUT2D eigenvalue weighted by Crippen LogP contribution is -2.28. The van der Waals surface area contributed by atoms with E-state index in [0.29, 0.717) is 5.02 Å². The summed E-state index contributed by atoms with van der Waals surface area (Å²) in [5.41, 5.74) is 0.0449. The average molecular weight is 241 g/mol. The van der Waals surface area contributed by atoms with Gasteiger partial charge in [0.25, 0.3) is 0 Å². The van der Waals surface area contributed by atoms with Gasteiger partial charge in [-0.2, -0.15) is 0 Å². The van der Waals surface area contributed by atoms with Crippen molar-refractivity contribution in [3.8, 4) is 5.75 Å². The largest absolute Gasteiger partial charge is 0.496 e. The SMILES string of the molecule is COc1ccc(Cl)cc1C1(O)CCCC1C. The van der Waals surface area contributed by atoms with Crippen LogP contribution >= 0.6 is 11.6 Å². The summed E-state index contributed by atoms with van der Waals surface area (Å²) in [6.45, 7) is 2.08. The molecule has 1 aliphatic rings. The Morgan fingerprint density at radius 3 is 2.81 bits per heavy atom. The van der Waals surface area contributed by atoms with Crippen molar-refractivity contribution in [2.24, 2.45) is 5.92 Å². The molecule has 1 saturated carbocycles. The number of hydrogen-bond acceptors (Lipinski definition) is 2. The zero-order valence-corrected chi connectivity index (χ0v) is 10.4. The van der Waals surface area contributed by atoms with Crippen LogP contribution in [0.25, 0.3) is 0 Å². The summed E-state index contributed by atoms with van der Waals surface area (Å²) in [7, 11) is 1.62. The topological polar surface area (TPSA) is 29.5 Å². The van der Waals surface area contributed by atoms with Gasteiger partial charge in [-0.3, -0.25) is 0 Å². The molecule has 3 heteroatoms. The van der Waals surface area contributed by atoms with E-state index in [-0.39, 0.29) is 5.92 Å². The third-order valence-corrected chi connectivity index (χ3v) is 3.87. The number of rotatable bonds is 2. The lowest BCUT2D eigenvalue weighted by atomic mass is 9.84. The third kappa shape index (κ3) is 1.80. The monoisotopic (exact) mass is 240 g/mol. The molecule has 2 nitrogen and oxygen atoms in total. The highest BCUT2D eigenvalue weighted by molar-refractivity contribution is 6.30. The molecule has 2 atom stereocenters. The van der Waals surface area contributed by atoms with Gasteiger partial charge in [0.1, 0.15) is 5.75 Å². The van der Waals surface area contributed by atoms with Crippen molar-refractivity contribution < 1.29 is 9.84 Å².